The van der Waals surface area contributed by atoms with E-state index in [9.17, 15) is 27.5 Å². The van der Waals surface area contributed by atoms with Gasteiger partial charge in [-0.05, 0) is 54.4 Å². The maximum atomic E-state index is 13.4. The molecule has 0 aliphatic carbocycles. The summed E-state index contributed by atoms with van der Waals surface area (Å²) >= 11 is 0. The van der Waals surface area contributed by atoms with Crippen molar-refractivity contribution < 1.29 is 27.4 Å². The van der Waals surface area contributed by atoms with E-state index in [1.54, 1.807) is 32.3 Å². The lowest BCUT2D eigenvalue weighted by molar-refractivity contribution is 0.102. The van der Waals surface area contributed by atoms with E-state index in [0.717, 1.165) is 29.1 Å². The van der Waals surface area contributed by atoms with Crippen molar-refractivity contribution in [3.05, 3.63) is 82.2 Å². The van der Waals surface area contributed by atoms with Crippen molar-refractivity contribution in [1.82, 2.24) is 14.3 Å². The number of amides is 1. The predicted molar refractivity (Wildman–Crippen MR) is 151 cm³/mol. The number of aromatic nitrogens is 3. The number of ether oxygens (including phenoxy) is 1. The molecule has 1 aliphatic heterocycles. The van der Waals surface area contributed by atoms with Crippen molar-refractivity contribution in [3.63, 3.8) is 0 Å². The summed E-state index contributed by atoms with van der Waals surface area (Å²) in [6.07, 6.45) is 2.64. The fourth-order valence-corrected chi connectivity index (χ4v) is 5.43. The molecular formula is C28H28FN5O6S. The minimum Gasteiger partial charge on any atom is -0.508 e. The van der Waals surface area contributed by atoms with E-state index in [1.807, 2.05) is 4.90 Å². The number of phenols is 1. The van der Waals surface area contributed by atoms with Gasteiger partial charge in [-0.15, -0.1) is 0 Å². The molecule has 1 fully saturated rings. The van der Waals surface area contributed by atoms with Crippen molar-refractivity contribution in [2.24, 2.45) is 7.05 Å². The number of sulfone groups is 1. The number of carbonyl (C=O) groups excluding carboxylic acids is 1. The third-order valence-electron chi connectivity index (χ3n) is 6.83. The van der Waals surface area contributed by atoms with Gasteiger partial charge >= 0.3 is 0 Å². The van der Waals surface area contributed by atoms with Crippen LogP contribution in [-0.4, -0.2) is 66.3 Å². The fourth-order valence-electron chi connectivity index (χ4n) is 4.64. The van der Waals surface area contributed by atoms with Gasteiger partial charge in [-0.25, -0.2) is 17.5 Å². The van der Waals surface area contributed by atoms with Crippen molar-refractivity contribution in [1.29, 1.82) is 0 Å². The van der Waals surface area contributed by atoms with Crippen LogP contribution in [0, 0.1) is 12.7 Å². The highest BCUT2D eigenvalue weighted by molar-refractivity contribution is 7.90. The number of pyridine rings is 1. The normalized spacial score (nSPS) is 13.8. The average Bonchev–Trinajstić information content (AvgIpc) is 3.40. The van der Waals surface area contributed by atoms with Gasteiger partial charge in [0, 0.05) is 56.0 Å². The van der Waals surface area contributed by atoms with Gasteiger partial charge in [-0.1, -0.05) is 0 Å². The summed E-state index contributed by atoms with van der Waals surface area (Å²) in [5.74, 6) is -1.32. The summed E-state index contributed by atoms with van der Waals surface area (Å²) in [6.45, 7) is 3.87. The molecule has 5 rings (SSSR count). The molecule has 0 atom stereocenters. The molecule has 2 aromatic heterocycles. The van der Waals surface area contributed by atoms with Gasteiger partial charge in [0.15, 0.2) is 20.6 Å². The zero-order valence-corrected chi connectivity index (χ0v) is 23.4. The Morgan fingerprint density at radius 1 is 1.10 bits per heavy atom. The van der Waals surface area contributed by atoms with E-state index in [-0.39, 0.29) is 33.4 Å². The number of nitrogens with one attached hydrogen (secondary N) is 1. The van der Waals surface area contributed by atoms with Crippen molar-refractivity contribution in [2.45, 2.75) is 11.9 Å². The molecule has 0 saturated carbocycles. The maximum absolute atomic E-state index is 13.4. The molecule has 13 heteroatoms. The molecule has 0 unspecified atom stereocenters. The first-order valence-corrected chi connectivity index (χ1v) is 14.6. The summed E-state index contributed by atoms with van der Waals surface area (Å²) in [6, 6.07) is 10.9. The van der Waals surface area contributed by atoms with Gasteiger partial charge in [-0.2, -0.15) is 5.10 Å². The Labute approximate surface area is 235 Å². The zero-order valence-electron chi connectivity index (χ0n) is 22.6. The maximum Gasteiger partial charge on any atom is 0.276 e. The zero-order chi connectivity index (χ0) is 29.5. The van der Waals surface area contributed by atoms with Crippen LogP contribution in [0.4, 0.5) is 15.8 Å². The van der Waals surface area contributed by atoms with E-state index in [4.69, 9.17) is 4.74 Å². The topological polar surface area (TPSA) is 136 Å². The summed E-state index contributed by atoms with van der Waals surface area (Å²) in [7, 11) is -2.16. The molecule has 2 N–H and O–H groups in total. The number of halogens is 1. The highest BCUT2D eigenvalue weighted by atomic mass is 32.2. The molecule has 41 heavy (non-hydrogen) atoms. The fraction of sp³-hybridized carbons (Fsp3) is 0.250. The number of morpholine rings is 1. The number of hydrogen-bond donors (Lipinski definition) is 2. The molecule has 4 aromatic rings. The second-order valence-corrected chi connectivity index (χ2v) is 11.7. The third kappa shape index (κ3) is 5.72. The molecule has 0 spiro atoms. The number of rotatable bonds is 6. The summed E-state index contributed by atoms with van der Waals surface area (Å²) in [5, 5.41) is 17.3. The van der Waals surface area contributed by atoms with Gasteiger partial charge in [0.05, 0.1) is 18.9 Å². The Morgan fingerprint density at radius 2 is 1.78 bits per heavy atom. The van der Waals surface area contributed by atoms with E-state index in [1.165, 1.54) is 22.8 Å². The molecule has 0 bridgehead atoms. The highest BCUT2D eigenvalue weighted by Crippen LogP contribution is 2.34. The molecule has 11 nitrogen and oxygen atoms in total. The van der Waals surface area contributed by atoms with Crippen LogP contribution >= 0.6 is 0 Å². The molecule has 3 heterocycles. The first-order valence-electron chi connectivity index (χ1n) is 12.7. The number of anilines is 2. The molecule has 214 valence electrons. The number of carbonyl (C=O) groups is 1. The van der Waals surface area contributed by atoms with Crippen LogP contribution in [0.2, 0.25) is 0 Å². The van der Waals surface area contributed by atoms with Gasteiger partial charge in [0.25, 0.3) is 11.5 Å². The quantitative estimate of drug-likeness (QED) is 0.355. The lowest BCUT2D eigenvalue weighted by Gasteiger charge is -2.29. The highest BCUT2D eigenvalue weighted by Gasteiger charge is 2.23. The second-order valence-electron chi connectivity index (χ2n) is 9.78. The van der Waals surface area contributed by atoms with E-state index in [2.05, 4.69) is 10.4 Å². The SMILES string of the molecule is Cc1c(O)cc(NC(=O)c2cc(S(C)(=O)=O)n(-c3ccc(F)cc3)n2)cc1-c1cc(N2CCOCC2)c(=O)n(C)c1. The Hall–Kier alpha value is -4.49. The van der Waals surface area contributed by atoms with Gasteiger partial charge in [-0.3, -0.25) is 9.59 Å². The largest absolute Gasteiger partial charge is 0.508 e. The molecular weight excluding hydrogens is 553 g/mol. The number of aryl methyl sites for hydroxylation is 1. The summed E-state index contributed by atoms with van der Waals surface area (Å²) in [5.41, 5.74) is 2.39. The van der Waals surface area contributed by atoms with Crippen LogP contribution in [0.25, 0.3) is 16.8 Å². The minimum absolute atomic E-state index is 0.0896. The number of aromatic hydroxyl groups is 1. The minimum atomic E-state index is -3.81. The number of benzene rings is 2. The lowest BCUT2D eigenvalue weighted by Crippen LogP contribution is -2.40. The lowest BCUT2D eigenvalue weighted by atomic mass is 9.99. The number of nitrogens with zero attached hydrogens (tertiary/aromatic N) is 4. The van der Waals surface area contributed by atoms with Gasteiger partial charge in [0.2, 0.25) is 0 Å². The van der Waals surface area contributed by atoms with Crippen LogP contribution in [0.3, 0.4) is 0 Å². The Bertz CT molecular complexity index is 1810. The van der Waals surface area contributed by atoms with Crippen LogP contribution < -0.4 is 15.8 Å². The Kier molecular flexibility index (Phi) is 7.41. The molecule has 1 saturated heterocycles. The first kappa shape index (κ1) is 28.1. The van der Waals surface area contributed by atoms with E-state index in [0.29, 0.717) is 48.7 Å². The summed E-state index contributed by atoms with van der Waals surface area (Å²) in [4.78, 5) is 28.1. The van der Waals surface area contributed by atoms with Gasteiger partial charge in [0.1, 0.15) is 17.3 Å². The standard InChI is InChI=1S/C28H28FN5O6S/c1-17-22(18-12-24(28(37)32(2)16-18)33-8-10-40-11-9-33)13-20(14-25(17)35)30-27(36)23-15-26(41(3,38)39)34(31-23)21-6-4-19(29)5-7-21/h4-7,12-16,35H,8-11H2,1-3H3,(H,30,36). The summed E-state index contributed by atoms with van der Waals surface area (Å²) < 4.78 is 46.2. The molecule has 1 aliphatic rings. The molecule has 0 radical (unpaired) electrons. The van der Waals surface area contributed by atoms with Crippen molar-refractivity contribution in [3.8, 4) is 22.6 Å². The van der Waals surface area contributed by atoms with Gasteiger partial charge < -0.3 is 24.6 Å². The smallest absolute Gasteiger partial charge is 0.276 e. The van der Waals surface area contributed by atoms with E-state index >= 15 is 0 Å². The van der Waals surface area contributed by atoms with Crippen LogP contribution in [0.15, 0.2) is 64.5 Å². The predicted octanol–water partition coefficient (Wildman–Crippen LogP) is 2.88. The second kappa shape index (κ2) is 10.8. The number of hydrogen-bond acceptors (Lipinski definition) is 8. The Morgan fingerprint density at radius 3 is 2.44 bits per heavy atom. The van der Waals surface area contributed by atoms with Crippen LogP contribution in [0.5, 0.6) is 5.75 Å². The average molecular weight is 582 g/mol. The monoisotopic (exact) mass is 581 g/mol. The van der Waals surface area contributed by atoms with Crippen LogP contribution in [-0.2, 0) is 21.6 Å². The first-order chi connectivity index (χ1) is 19.4. The Balaban J connectivity index is 1.51. The van der Waals surface area contributed by atoms with Crippen LogP contribution in [0.1, 0.15) is 16.1 Å². The van der Waals surface area contributed by atoms with Crippen molar-refractivity contribution in [2.75, 3.05) is 42.8 Å². The molecule has 2 aromatic carbocycles. The molecule has 1 amide bonds. The van der Waals surface area contributed by atoms with E-state index < -0.39 is 21.6 Å². The third-order valence-corrected chi connectivity index (χ3v) is 7.88. The number of phenolic OH excluding ortho intramolecular Hbond substituents is 1. The van der Waals surface area contributed by atoms with Crippen molar-refractivity contribution >= 4 is 27.1 Å².